The summed E-state index contributed by atoms with van der Waals surface area (Å²) in [5, 5.41) is 23.5. The first kappa shape index (κ1) is 25.7. The normalized spacial score (nSPS) is 40.1. The minimum absolute atomic E-state index is 0.00256. The van der Waals surface area contributed by atoms with Crippen molar-refractivity contribution in [1.82, 2.24) is 0 Å². The summed E-state index contributed by atoms with van der Waals surface area (Å²) in [4.78, 5) is 0. The highest BCUT2D eigenvalue weighted by Gasteiger charge is 2.60. The fraction of sp³-hybridized carbons (Fsp3) is 0.742. The van der Waals surface area contributed by atoms with Crippen LogP contribution in [0.15, 0.2) is 29.3 Å². The summed E-state index contributed by atoms with van der Waals surface area (Å²) in [5.74, 6) is 1.78. The first-order valence-corrected chi connectivity index (χ1v) is 14.2. The molecule has 37 heavy (non-hydrogen) atoms. The highest BCUT2D eigenvalue weighted by molar-refractivity contribution is 5.50. The van der Waals surface area contributed by atoms with Gasteiger partial charge in [0.25, 0.3) is 0 Å². The Hall–Kier alpha value is -1.60. The molecule has 6 nitrogen and oxygen atoms in total. The van der Waals surface area contributed by atoms with E-state index in [2.05, 4.69) is 26.8 Å². The zero-order valence-corrected chi connectivity index (χ0v) is 23.1. The molecule has 0 unspecified atom stereocenters. The van der Waals surface area contributed by atoms with Crippen molar-refractivity contribution in [2.24, 2.45) is 22.7 Å². The molecule has 1 aliphatic heterocycles. The highest BCUT2D eigenvalue weighted by Crippen LogP contribution is 2.66. The average molecular weight is 513 g/mol. The SMILES string of the molecule is COc1ccc([C@H]2C[C@]3(C)[C@@H](O)CC[C@H]3[C@@H]3CC[C@@]4(O)CC5(CCC4=C32)OCC(C)(C)CO5)c(OC)c1. The number of aliphatic hydroxyl groups excluding tert-OH is 1. The smallest absolute Gasteiger partial charge is 0.171 e. The number of allylic oxidation sites excluding steroid dienone is 1. The number of hydrogen-bond acceptors (Lipinski definition) is 6. The number of fused-ring (bicyclic) bond motifs is 4. The maximum absolute atomic E-state index is 12.3. The third kappa shape index (κ3) is 3.97. The lowest BCUT2D eigenvalue weighted by atomic mass is 9.51. The molecular weight excluding hydrogens is 468 g/mol. The number of rotatable bonds is 3. The fourth-order valence-electron chi connectivity index (χ4n) is 8.61. The summed E-state index contributed by atoms with van der Waals surface area (Å²) in [7, 11) is 3.39. The lowest BCUT2D eigenvalue weighted by Crippen LogP contribution is -2.57. The average Bonchev–Trinajstić information content (AvgIpc) is 3.18. The zero-order valence-electron chi connectivity index (χ0n) is 23.1. The van der Waals surface area contributed by atoms with Crippen LogP contribution in [0.1, 0.15) is 83.6 Å². The second-order valence-electron chi connectivity index (χ2n) is 13.5. The molecule has 6 atom stereocenters. The molecule has 0 aromatic heterocycles. The number of ether oxygens (including phenoxy) is 4. The van der Waals surface area contributed by atoms with E-state index in [0.717, 1.165) is 62.0 Å². The minimum Gasteiger partial charge on any atom is -0.497 e. The van der Waals surface area contributed by atoms with Crippen molar-refractivity contribution in [3.8, 4) is 11.5 Å². The molecule has 0 amide bonds. The van der Waals surface area contributed by atoms with Gasteiger partial charge in [0.15, 0.2) is 5.79 Å². The largest absolute Gasteiger partial charge is 0.497 e. The number of methoxy groups -OCH3 is 2. The van der Waals surface area contributed by atoms with Gasteiger partial charge < -0.3 is 29.2 Å². The van der Waals surface area contributed by atoms with Crippen molar-refractivity contribution in [2.75, 3.05) is 27.4 Å². The number of aliphatic hydroxyl groups is 2. The summed E-state index contributed by atoms with van der Waals surface area (Å²) in [6.45, 7) is 7.93. The summed E-state index contributed by atoms with van der Waals surface area (Å²) in [6.07, 6.45) is 6.18. The fourth-order valence-corrected chi connectivity index (χ4v) is 8.61. The van der Waals surface area contributed by atoms with Gasteiger partial charge in [-0.15, -0.1) is 0 Å². The van der Waals surface area contributed by atoms with Crippen LogP contribution in [0.2, 0.25) is 0 Å². The molecule has 1 heterocycles. The molecule has 2 N–H and O–H groups in total. The first-order valence-electron chi connectivity index (χ1n) is 14.2. The van der Waals surface area contributed by atoms with Crippen LogP contribution in [-0.4, -0.2) is 55.1 Å². The Kier molecular flexibility index (Phi) is 6.04. The maximum atomic E-state index is 12.3. The quantitative estimate of drug-likeness (QED) is 0.531. The van der Waals surface area contributed by atoms with Gasteiger partial charge in [0.1, 0.15) is 11.5 Å². The molecule has 0 bridgehead atoms. The van der Waals surface area contributed by atoms with Gasteiger partial charge >= 0.3 is 0 Å². The van der Waals surface area contributed by atoms with E-state index in [-0.39, 0.29) is 22.9 Å². The molecule has 1 aromatic rings. The predicted octanol–water partition coefficient (Wildman–Crippen LogP) is 5.36. The molecule has 1 spiro atoms. The van der Waals surface area contributed by atoms with Crippen molar-refractivity contribution < 1.29 is 29.2 Å². The van der Waals surface area contributed by atoms with Gasteiger partial charge in [-0.2, -0.15) is 0 Å². The first-order chi connectivity index (χ1) is 17.5. The number of hydrogen-bond donors (Lipinski definition) is 2. The molecular formula is C31H44O6. The van der Waals surface area contributed by atoms with Crippen molar-refractivity contribution in [3.05, 3.63) is 34.9 Å². The maximum Gasteiger partial charge on any atom is 0.171 e. The van der Waals surface area contributed by atoms with Crippen molar-refractivity contribution in [3.63, 3.8) is 0 Å². The molecule has 4 fully saturated rings. The van der Waals surface area contributed by atoms with Gasteiger partial charge in [-0.25, -0.2) is 0 Å². The van der Waals surface area contributed by atoms with Crippen LogP contribution in [0.25, 0.3) is 0 Å². The van der Waals surface area contributed by atoms with Crippen LogP contribution >= 0.6 is 0 Å². The molecule has 1 saturated heterocycles. The molecule has 4 aliphatic carbocycles. The molecule has 204 valence electrons. The van der Waals surface area contributed by atoms with E-state index < -0.39 is 11.4 Å². The van der Waals surface area contributed by atoms with Crippen LogP contribution in [0.3, 0.4) is 0 Å². The molecule has 6 heteroatoms. The standard InChI is InChI=1S/C31H44O6/c1-28(2)17-36-31(37-18-28)13-11-24-27-21(10-12-30(24,33)16-31)23-8-9-26(32)29(23,3)15-22(27)20-7-6-19(34-4)14-25(20)35-5/h6-7,14,21-23,26,32-33H,8-13,15-18H2,1-5H3/t21-,22+,23-,26-,29-,30+/m0/s1. The Labute approximate surface area is 221 Å². The van der Waals surface area contributed by atoms with Gasteiger partial charge in [-0.3, -0.25) is 0 Å². The summed E-state index contributed by atoms with van der Waals surface area (Å²) >= 11 is 0. The molecule has 1 aromatic carbocycles. The molecule has 5 aliphatic rings. The van der Waals surface area contributed by atoms with Gasteiger partial charge in [-0.1, -0.05) is 32.4 Å². The van der Waals surface area contributed by atoms with E-state index in [9.17, 15) is 10.2 Å². The van der Waals surface area contributed by atoms with Crippen LogP contribution in [-0.2, 0) is 9.47 Å². The van der Waals surface area contributed by atoms with Crippen molar-refractivity contribution in [1.29, 1.82) is 0 Å². The zero-order chi connectivity index (χ0) is 26.2. The second-order valence-corrected chi connectivity index (χ2v) is 13.5. The molecule has 0 radical (unpaired) electrons. The lowest BCUT2D eigenvalue weighted by Gasteiger charge is -2.57. The van der Waals surface area contributed by atoms with Crippen LogP contribution in [0.5, 0.6) is 11.5 Å². The Morgan fingerprint density at radius 2 is 1.73 bits per heavy atom. The minimum atomic E-state index is -0.922. The van der Waals surface area contributed by atoms with E-state index in [4.69, 9.17) is 18.9 Å². The number of benzene rings is 1. The Morgan fingerprint density at radius 1 is 0.973 bits per heavy atom. The molecule has 6 rings (SSSR count). The van der Waals surface area contributed by atoms with Gasteiger partial charge in [0.05, 0.1) is 39.1 Å². The van der Waals surface area contributed by atoms with Crippen LogP contribution in [0.4, 0.5) is 0 Å². The molecule has 3 saturated carbocycles. The third-order valence-electron chi connectivity index (χ3n) is 10.6. The van der Waals surface area contributed by atoms with Crippen LogP contribution < -0.4 is 9.47 Å². The lowest BCUT2D eigenvalue weighted by molar-refractivity contribution is -0.322. The van der Waals surface area contributed by atoms with E-state index in [1.54, 1.807) is 14.2 Å². The summed E-state index contributed by atoms with van der Waals surface area (Å²) < 4.78 is 24.1. The Morgan fingerprint density at radius 3 is 2.43 bits per heavy atom. The Balaban J connectivity index is 1.45. The van der Waals surface area contributed by atoms with Crippen molar-refractivity contribution in [2.45, 2.75) is 95.5 Å². The third-order valence-corrected chi connectivity index (χ3v) is 10.6. The van der Waals surface area contributed by atoms with E-state index in [0.29, 0.717) is 31.5 Å². The van der Waals surface area contributed by atoms with Crippen molar-refractivity contribution >= 4 is 0 Å². The van der Waals surface area contributed by atoms with Gasteiger partial charge in [-0.05, 0) is 67.4 Å². The summed E-state index contributed by atoms with van der Waals surface area (Å²) in [6, 6.07) is 6.10. The monoisotopic (exact) mass is 512 g/mol. The second kappa shape index (κ2) is 8.70. The van der Waals surface area contributed by atoms with E-state index in [1.807, 2.05) is 12.1 Å². The predicted molar refractivity (Wildman–Crippen MR) is 141 cm³/mol. The van der Waals surface area contributed by atoms with E-state index in [1.165, 1.54) is 11.1 Å². The van der Waals surface area contributed by atoms with Crippen LogP contribution in [0, 0.1) is 22.7 Å². The van der Waals surface area contributed by atoms with Gasteiger partial charge in [0.2, 0.25) is 0 Å². The van der Waals surface area contributed by atoms with E-state index >= 15 is 0 Å². The highest BCUT2D eigenvalue weighted by atomic mass is 16.7. The Bertz CT molecular complexity index is 1080. The summed E-state index contributed by atoms with van der Waals surface area (Å²) in [5.41, 5.74) is 2.67. The topological polar surface area (TPSA) is 77.4 Å². The van der Waals surface area contributed by atoms with Gasteiger partial charge in [0, 0.05) is 35.8 Å².